The molecule has 0 aromatic carbocycles. The second kappa shape index (κ2) is 13.7. The largest absolute Gasteiger partial charge is 0.490 e. The Morgan fingerprint density at radius 2 is 1.51 bits per heavy atom. The number of ether oxygens (including phenoxy) is 2. The Hall–Kier alpha value is -3.95. The molecule has 0 aliphatic carbocycles. The smallest absolute Gasteiger partial charge is 0.475 e. The summed E-state index contributed by atoms with van der Waals surface area (Å²) in [6.45, 7) is 1.24. The number of carbonyl (C=O) groups is 3. The van der Waals surface area contributed by atoms with E-state index >= 15 is 0 Å². The molecule has 0 spiro atoms. The van der Waals surface area contributed by atoms with E-state index in [0.717, 1.165) is 18.5 Å². The lowest BCUT2D eigenvalue weighted by Gasteiger charge is -2.32. The lowest BCUT2D eigenvalue weighted by molar-refractivity contribution is -0.193. The highest BCUT2D eigenvalue weighted by Gasteiger charge is 2.47. The third kappa shape index (κ3) is 10.0. The van der Waals surface area contributed by atoms with Gasteiger partial charge in [0, 0.05) is 30.8 Å². The first kappa shape index (κ1) is 31.3. The lowest BCUT2D eigenvalue weighted by Crippen LogP contribution is -2.44. The Morgan fingerprint density at radius 1 is 0.949 bits per heavy atom. The molecule has 0 saturated carbocycles. The van der Waals surface area contributed by atoms with Crippen LogP contribution < -0.4 is 4.74 Å². The second-order valence-electron chi connectivity index (χ2n) is 8.02. The van der Waals surface area contributed by atoms with Crippen molar-refractivity contribution in [3.63, 3.8) is 0 Å². The highest BCUT2D eigenvalue weighted by atomic mass is 19.4. The molecule has 1 amide bonds. The van der Waals surface area contributed by atoms with E-state index in [1.165, 1.54) is 0 Å². The summed E-state index contributed by atoms with van der Waals surface area (Å²) >= 11 is 0. The van der Waals surface area contributed by atoms with Crippen molar-refractivity contribution in [3.8, 4) is 5.88 Å². The van der Waals surface area contributed by atoms with Gasteiger partial charge in [-0.2, -0.15) is 26.3 Å². The van der Waals surface area contributed by atoms with Gasteiger partial charge in [0.1, 0.15) is 12.2 Å². The number of carboxylic acids is 2. The fourth-order valence-electron chi connectivity index (χ4n) is 3.63. The molecule has 2 aromatic heterocycles. The molecule has 10 nitrogen and oxygen atoms in total. The number of aliphatic carboxylic acids is 2. The van der Waals surface area contributed by atoms with Gasteiger partial charge in [0.2, 0.25) is 11.8 Å². The third-order valence-electron chi connectivity index (χ3n) is 5.25. The molecule has 2 aliphatic rings. The highest BCUT2D eigenvalue weighted by molar-refractivity contribution is 5.79. The topological polar surface area (TPSA) is 139 Å². The van der Waals surface area contributed by atoms with E-state index < -0.39 is 24.3 Å². The number of likely N-dealkylation sites (tertiary alicyclic amines) is 1. The van der Waals surface area contributed by atoms with E-state index in [4.69, 9.17) is 29.3 Å². The molecule has 2 aliphatic heterocycles. The van der Waals surface area contributed by atoms with Crippen LogP contribution >= 0.6 is 0 Å². The molecule has 2 N–H and O–H groups in total. The maximum atomic E-state index is 12.8. The van der Waals surface area contributed by atoms with Crippen molar-refractivity contribution in [2.75, 3.05) is 13.2 Å². The van der Waals surface area contributed by atoms with Crippen LogP contribution in [0.5, 0.6) is 5.88 Å². The summed E-state index contributed by atoms with van der Waals surface area (Å²) in [6.07, 6.45) is -4.82. The number of rotatable bonds is 4. The number of pyridine rings is 2. The van der Waals surface area contributed by atoms with Crippen molar-refractivity contribution in [1.29, 1.82) is 0 Å². The van der Waals surface area contributed by atoms with Gasteiger partial charge in [0.05, 0.1) is 19.0 Å². The summed E-state index contributed by atoms with van der Waals surface area (Å²) in [6, 6.07) is 11.3. The fraction of sp³-hybridized carbons (Fsp3) is 0.435. The van der Waals surface area contributed by atoms with Crippen LogP contribution in [-0.4, -0.2) is 86.7 Å². The van der Waals surface area contributed by atoms with E-state index in [1.54, 1.807) is 12.4 Å². The van der Waals surface area contributed by atoms with E-state index in [9.17, 15) is 31.1 Å². The van der Waals surface area contributed by atoms with Gasteiger partial charge in [-0.25, -0.2) is 14.6 Å². The minimum atomic E-state index is -5.08. The second-order valence-corrected chi connectivity index (χ2v) is 8.02. The van der Waals surface area contributed by atoms with Gasteiger partial charge in [-0.1, -0.05) is 12.1 Å². The standard InChI is InChI=1S/C19H21N3O3.2C2HF3O2/c23-18(12-14-6-1-3-9-20-14)22-13-16(19-15(22)7-5-11-24-19)25-17-8-2-4-10-21-17;2*3-2(4,5)1(6)7/h1-4,6,8-10,15-16,19H,5,7,11-13H2;2*(H,6,7)/t15-,16+,19+;;/m1../s1. The monoisotopic (exact) mass is 567 g/mol. The van der Waals surface area contributed by atoms with E-state index in [0.29, 0.717) is 25.5 Å². The predicted molar refractivity (Wildman–Crippen MR) is 118 cm³/mol. The Balaban J connectivity index is 0.000000317. The zero-order valence-corrected chi connectivity index (χ0v) is 19.9. The molecule has 2 aromatic rings. The summed E-state index contributed by atoms with van der Waals surface area (Å²) in [7, 11) is 0. The van der Waals surface area contributed by atoms with Gasteiger partial charge in [-0.15, -0.1) is 0 Å². The molecule has 39 heavy (non-hydrogen) atoms. The van der Waals surface area contributed by atoms with Gasteiger partial charge < -0.3 is 24.6 Å². The van der Waals surface area contributed by atoms with Crippen molar-refractivity contribution in [2.45, 2.75) is 49.9 Å². The molecule has 0 radical (unpaired) electrons. The van der Waals surface area contributed by atoms with Crippen LogP contribution in [0.25, 0.3) is 0 Å². The number of alkyl halides is 6. The van der Waals surface area contributed by atoms with Gasteiger partial charge >= 0.3 is 24.3 Å². The molecule has 3 atom stereocenters. The Bertz CT molecular complexity index is 1060. The van der Waals surface area contributed by atoms with Gasteiger partial charge in [0.15, 0.2) is 0 Å². The van der Waals surface area contributed by atoms with Crippen molar-refractivity contribution in [2.24, 2.45) is 0 Å². The molecule has 4 rings (SSSR count). The van der Waals surface area contributed by atoms with Gasteiger partial charge in [-0.05, 0) is 31.0 Å². The predicted octanol–water partition coefficient (Wildman–Crippen LogP) is 3.12. The van der Waals surface area contributed by atoms with Crippen LogP contribution in [0.3, 0.4) is 0 Å². The molecule has 2 fully saturated rings. The summed E-state index contributed by atoms with van der Waals surface area (Å²) in [5, 5.41) is 14.2. The zero-order chi connectivity index (χ0) is 29.2. The summed E-state index contributed by atoms with van der Waals surface area (Å²) in [4.78, 5) is 41.0. The summed E-state index contributed by atoms with van der Waals surface area (Å²) in [5.74, 6) is -4.87. The number of carboxylic acid groups (broad SMARTS) is 2. The number of hydrogen-bond acceptors (Lipinski definition) is 7. The van der Waals surface area contributed by atoms with Crippen LogP contribution in [0.1, 0.15) is 18.5 Å². The first-order chi connectivity index (χ1) is 18.2. The SMILES string of the molecule is O=C(Cc1ccccn1)N1C[C@H](Oc2ccccn2)[C@H]2OCCC[C@H]21.O=C(O)C(F)(F)F.O=C(O)C(F)(F)F. The molecule has 4 heterocycles. The van der Waals surface area contributed by atoms with Crippen LogP contribution in [-0.2, 0) is 25.5 Å². The van der Waals surface area contributed by atoms with E-state index in [-0.39, 0.29) is 24.2 Å². The lowest BCUT2D eigenvalue weighted by atomic mass is 10.0. The molecule has 16 heteroatoms. The van der Waals surface area contributed by atoms with Crippen molar-refractivity contribution in [3.05, 3.63) is 54.5 Å². The van der Waals surface area contributed by atoms with Gasteiger partial charge in [0.25, 0.3) is 0 Å². The Labute approximate surface area is 217 Å². The number of halogens is 6. The maximum Gasteiger partial charge on any atom is 0.490 e. The Kier molecular flexibility index (Phi) is 11.0. The number of carbonyl (C=O) groups excluding carboxylic acids is 1. The van der Waals surface area contributed by atoms with Crippen LogP contribution in [0, 0.1) is 0 Å². The summed E-state index contributed by atoms with van der Waals surface area (Å²) in [5.41, 5.74) is 0.787. The highest BCUT2D eigenvalue weighted by Crippen LogP contribution is 2.31. The third-order valence-corrected chi connectivity index (χ3v) is 5.25. The number of amides is 1. The van der Waals surface area contributed by atoms with Crippen LogP contribution in [0.15, 0.2) is 48.8 Å². The molecule has 0 unspecified atom stereocenters. The average molecular weight is 567 g/mol. The zero-order valence-electron chi connectivity index (χ0n) is 19.9. The minimum Gasteiger partial charge on any atom is -0.475 e. The van der Waals surface area contributed by atoms with Crippen LogP contribution in [0.4, 0.5) is 26.3 Å². The molecule has 0 bridgehead atoms. The number of nitrogens with zero attached hydrogens (tertiary/aromatic N) is 3. The minimum absolute atomic E-state index is 0.0682. The normalized spacial score (nSPS) is 20.4. The number of aromatic nitrogens is 2. The number of hydrogen-bond donors (Lipinski definition) is 2. The summed E-state index contributed by atoms with van der Waals surface area (Å²) < 4.78 is 75.5. The molecular weight excluding hydrogens is 544 g/mol. The average Bonchev–Trinajstić information content (AvgIpc) is 3.23. The van der Waals surface area contributed by atoms with Crippen LogP contribution in [0.2, 0.25) is 0 Å². The fourth-order valence-corrected chi connectivity index (χ4v) is 3.63. The van der Waals surface area contributed by atoms with Gasteiger partial charge in [-0.3, -0.25) is 9.78 Å². The Morgan fingerprint density at radius 3 is 2.00 bits per heavy atom. The molecule has 2 saturated heterocycles. The van der Waals surface area contributed by atoms with Crippen molar-refractivity contribution >= 4 is 17.8 Å². The first-order valence-electron chi connectivity index (χ1n) is 11.2. The quantitative estimate of drug-likeness (QED) is 0.534. The van der Waals surface area contributed by atoms with E-state index in [2.05, 4.69) is 9.97 Å². The number of fused-ring (bicyclic) bond motifs is 1. The van der Waals surface area contributed by atoms with E-state index in [1.807, 2.05) is 41.3 Å². The van der Waals surface area contributed by atoms with Crippen molar-refractivity contribution < 1.29 is 60.4 Å². The van der Waals surface area contributed by atoms with Crippen molar-refractivity contribution in [1.82, 2.24) is 14.9 Å². The maximum absolute atomic E-state index is 12.8. The molecular formula is C23H23F6N3O7. The molecule has 214 valence electrons. The first-order valence-corrected chi connectivity index (χ1v) is 11.2.